The zero-order valence-corrected chi connectivity index (χ0v) is 9.58. The van der Waals surface area contributed by atoms with Crippen LogP contribution < -0.4 is 5.73 Å². The topological polar surface area (TPSA) is 86.2 Å². The average Bonchev–Trinajstić information content (AvgIpc) is 2.20. The predicted octanol–water partition coefficient (Wildman–Crippen LogP) is 2.06. The Morgan fingerprint density at radius 3 is 2.67 bits per heavy atom. The van der Waals surface area contributed by atoms with Gasteiger partial charge in [-0.05, 0) is 18.6 Å². The number of alkyl halides is 1. The molecule has 0 spiro atoms. The average molecular weight is 273 g/mol. The van der Waals surface area contributed by atoms with Gasteiger partial charge in [0.1, 0.15) is 5.56 Å². The van der Waals surface area contributed by atoms with Gasteiger partial charge in [-0.25, -0.2) is 0 Å². The first-order valence-electron chi connectivity index (χ1n) is 4.11. The molecule has 0 aliphatic rings. The fourth-order valence-electron chi connectivity index (χ4n) is 1.28. The van der Waals surface area contributed by atoms with Crippen molar-refractivity contribution in [2.24, 2.45) is 0 Å². The summed E-state index contributed by atoms with van der Waals surface area (Å²) in [5.41, 5.74) is 6.30. The number of nitrogens with zero attached hydrogens (tertiary/aromatic N) is 1. The van der Waals surface area contributed by atoms with Crippen LogP contribution in [0.2, 0.25) is 0 Å². The largest absolute Gasteiger partial charge is 0.398 e. The summed E-state index contributed by atoms with van der Waals surface area (Å²) < 4.78 is 0. The number of nitro groups is 1. The zero-order valence-electron chi connectivity index (χ0n) is 7.99. The molecule has 2 N–H and O–H groups in total. The molecule has 0 aromatic heterocycles. The fraction of sp³-hybridized carbons (Fsp3) is 0.222. The van der Waals surface area contributed by atoms with Gasteiger partial charge in [-0.3, -0.25) is 14.9 Å². The van der Waals surface area contributed by atoms with E-state index in [1.165, 1.54) is 12.1 Å². The molecule has 0 aliphatic heterocycles. The van der Waals surface area contributed by atoms with Gasteiger partial charge in [-0.2, -0.15) is 0 Å². The summed E-state index contributed by atoms with van der Waals surface area (Å²) in [7, 11) is 0. The van der Waals surface area contributed by atoms with Gasteiger partial charge in [0.2, 0.25) is 0 Å². The van der Waals surface area contributed by atoms with Crippen molar-refractivity contribution in [3.63, 3.8) is 0 Å². The number of benzene rings is 1. The molecule has 1 aromatic carbocycles. The van der Waals surface area contributed by atoms with Crippen molar-refractivity contribution in [3.8, 4) is 0 Å². The molecule has 0 unspecified atom stereocenters. The third-order valence-electron chi connectivity index (χ3n) is 2.08. The van der Waals surface area contributed by atoms with Crippen LogP contribution in [0.25, 0.3) is 0 Å². The van der Waals surface area contributed by atoms with E-state index < -0.39 is 4.92 Å². The van der Waals surface area contributed by atoms with Crippen molar-refractivity contribution in [1.82, 2.24) is 0 Å². The molecule has 15 heavy (non-hydrogen) atoms. The van der Waals surface area contributed by atoms with E-state index in [2.05, 4.69) is 15.9 Å². The minimum absolute atomic E-state index is 0.0398. The normalized spacial score (nSPS) is 10.0. The number of Topliss-reactive ketones (excluding diaryl/α,β-unsaturated/α-hetero) is 1. The van der Waals surface area contributed by atoms with E-state index in [0.717, 1.165) is 0 Å². The van der Waals surface area contributed by atoms with Crippen molar-refractivity contribution < 1.29 is 9.72 Å². The van der Waals surface area contributed by atoms with E-state index in [4.69, 9.17) is 5.73 Å². The van der Waals surface area contributed by atoms with E-state index in [9.17, 15) is 14.9 Å². The summed E-state index contributed by atoms with van der Waals surface area (Å²) in [6, 6.07) is 2.68. The molecule has 0 aliphatic carbocycles. The summed E-state index contributed by atoms with van der Waals surface area (Å²) in [4.78, 5) is 21.6. The Hall–Kier alpha value is -1.43. The number of nitrogens with two attached hydrogens (primary N) is 1. The Morgan fingerprint density at radius 2 is 2.20 bits per heavy atom. The van der Waals surface area contributed by atoms with Crippen LogP contribution in [0.1, 0.15) is 15.9 Å². The molecule has 0 saturated heterocycles. The fourth-order valence-corrected chi connectivity index (χ4v) is 1.56. The molecular weight excluding hydrogens is 264 g/mol. The number of nitrogen functional groups attached to an aromatic ring is 1. The van der Waals surface area contributed by atoms with Gasteiger partial charge >= 0.3 is 0 Å². The molecule has 6 heteroatoms. The lowest BCUT2D eigenvalue weighted by Crippen LogP contribution is -2.09. The van der Waals surface area contributed by atoms with Crippen LogP contribution in [0.5, 0.6) is 0 Å². The van der Waals surface area contributed by atoms with Crippen molar-refractivity contribution in [1.29, 1.82) is 0 Å². The molecule has 0 amide bonds. The number of ketones is 1. The first-order valence-corrected chi connectivity index (χ1v) is 5.23. The van der Waals surface area contributed by atoms with E-state index in [0.29, 0.717) is 11.3 Å². The molecule has 0 saturated carbocycles. The van der Waals surface area contributed by atoms with Crippen molar-refractivity contribution in [2.45, 2.75) is 6.92 Å². The summed E-state index contributed by atoms with van der Waals surface area (Å²) in [5, 5.41) is 10.7. The number of hydrogen-bond donors (Lipinski definition) is 1. The third-order valence-corrected chi connectivity index (χ3v) is 2.59. The summed E-state index contributed by atoms with van der Waals surface area (Å²) in [6.45, 7) is 1.60. The number of carbonyl (C=O) groups excluding carboxylic acids is 1. The van der Waals surface area contributed by atoms with Gasteiger partial charge in [0.15, 0.2) is 5.78 Å². The van der Waals surface area contributed by atoms with Crippen LogP contribution in [0.3, 0.4) is 0 Å². The minimum Gasteiger partial charge on any atom is -0.398 e. The SMILES string of the molecule is Cc1c(N)ccc([N+](=O)[O-])c1C(=O)CBr. The molecule has 0 bridgehead atoms. The third kappa shape index (κ3) is 2.15. The van der Waals surface area contributed by atoms with E-state index in [-0.39, 0.29) is 22.4 Å². The van der Waals surface area contributed by atoms with Crippen molar-refractivity contribution in [3.05, 3.63) is 33.4 Å². The quantitative estimate of drug-likeness (QED) is 0.300. The number of carbonyl (C=O) groups is 1. The Morgan fingerprint density at radius 1 is 1.60 bits per heavy atom. The molecule has 0 fully saturated rings. The summed E-state index contributed by atoms with van der Waals surface area (Å²) >= 11 is 2.98. The van der Waals surface area contributed by atoms with Crippen LogP contribution in [0.15, 0.2) is 12.1 Å². The van der Waals surface area contributed by atoms with Gasteiger partial charge in [0.05, 0.1) is 10.3 Å². The van der Waals surface area contributed by atoms with Gasteiger partial charge in [0.25, 0.3) is 5.69 Å². The summed E-state index contributed by atoms with van der Waals surface area (Å²) in [5.74, 6) is -0.341. The molecule has 80 valence electrons. The first kappa shape index (κ1) is 11.6. The highest BCUT2D eigenvalue weighted by Gasteiger charge is 2.22. The molecule has 1 aromatic rings. The lowest BCUT2D eigenvalue weighted by atomic mass is 10.0. The number of halogens is 1. The Balaban J connectivity index is 3.48. The lowest BCUT2D eigenvalue weighted by molar-refractivity contribution is -0.385. The Labute approximate surface area is 94.5 Å². The second-order valence-electron chi connectivity index (χ2n) is 2.99. The van der Waals surface area contributed by atoms with Crippen LogP contribution >= 0.6 is 15.9 Å². The highest BCUT2D eigenvalue weighted by Crippen LogP contribution is 2.27. The number of hydrogen-bond acceptors (Lipinski definition) is 4. The highest BCUT2D eigenvalue weighted by atomic mass is 79.9. The Kier molecular flexibility index (Phi) is 3.41. The van der Waals surface area contributed by atoms with Gasteiger partial charge in [-0.15, -0.1) is 0 Å². The van der Waals surface area contributed by atoms with Crippen molar-refractivity contribution >= 4 is 33.1 Å². The maximum Gasteiger partial charge on any atom is 0.280 e. The maximum absolute atomic E-state index is 11.5. The van der Waals surface area contributed by atoms with Crippen LogP contribution in [-0.2, 0) is 0 Å². The molecule has 1 rings (SSSR count). The van der Waals surface area contributed by atoms with Crippen molar-refractivity contribution in [2.75, 3.05) is 11.1 Å². The van der Waals surface area contributed by atoms with E-state index in [1.54, 1.807) is 6.92 Å². The molecule has 0 radical (unpaired) electrons. The van der Waals surface area contributed by atoms with E-state index >= 15 is 0 Å². The van der Waals surface area contributed by atoms with Crippen LogP contribution in [0.4, 0.5) is 11.4 Å². The molecule has 0 atom stereocenters. The van der Waals surface area contributed by atoms with E-state index in [1.807, 2.05) is 0 Å². The molecule has 5 nitrogen and oxygen atoms in total. The number of anilines is 1. The number of nitro benzene ring substituents is 1. The van der Waals surface area contributed by atoms with Gasteiger partial charge in [0, 0.05) is 11.8 Å². The van der Waals surface area contributed by atoms with Crippen LogP contribution in [0, 0.1) is 17.0 Å². The van der Waals surface area contributed by atoms with Gasteiger partial charge in [-0.1, -0.05) is 15.9 Å². The highest BCUT2D eigenvalue weighted by molar-refractivity contribution is 9.09. The van der Waals surface area contributed by atoms with Crippen LogP contribution in [-0.4, -0.2) is 16.0 Å². The maximum atomic E-state index is 11.5. The predicted molar refractivity (Wildman–Crippen MR) is 60.4 cm³/mol. The second-order valence-corrected chi connectivity index (χ2v) is 3.55. The minimum atomic E-state index is -0.581. The monoisotopic (exact) mass is 272 g/mol. The smallest absolute Gasteiger partial charge is 0.280 e. The lowest BCUT2D eigenvalue weighted by Gasteiger charge is -2.06. The Bertz CT molecular complexity index is 432. The number of rotatable bonds is 3. The molecular formula is C9H9BrN2O3. The first-order chi connectivity index (χ1) is 6.99. The summed E-state index contributed by atoms with van der Waals surface area (Å²) in [6.07, 6.45) is 0. The van der Waals surface area contributed by atoms with Gasteiger partial charge < -0.3 is 5.73 Å². The molecule has 0 heterocycles. The standard InChI is InChI=1S/C9H9BrN2O3/c1-5-6(11)2-3-7(12(14)15)9(5)8(13)4-10/h2-3H,4,11H2,1H3. The second kappa shape index (κ2) is 4.39. The zero-order chi connectivity index (χ0) is 11.6.